The van der Waals surface area contributed by atoms with E-state index in [2.05, 4.69) is 15.5 Å². The first-order valence-corrected chi connectivity index (χ1v) is 5.82. The first kappa shape index (κ1) is 11.3. The van der Waals surface area contributed by atoms with Crippen LogP contribution in [-0.4, -0.2) is 6.29 Å². The molecular formula is C13H11F2NO2. The summed E-state index contributed by atoms with van der Waals surface area (Å²) in [5.74, 6) is 0.0910. The summed E-state index contributed by atoms with van der Waals surface area (Å²) in [6.07, 6.45) is -0.214. The quantitative estimate of drug-likeness (QED) is 0.810. The second-order valence-electron chi connectivity index (χ2n) is 4.87. The Labute approximate surface area is 103 Å². The molecule has 0 radical (unpaired) electrons. The van der Waals surface area contributed by atoms with Gasteiger partial charge in [-0.05, 0) is 37.0 Å². The average molecular weight is 251 g/mol. The van der Waals surface area contributed by atoms with E-state index in [1.807, 2.05) is 0 Å². The summed E-state index contributed by atoms with van der Waals surface area (Å²) in [6, 6.07) is 7.04. The van der Waals surface area contributed by atoms with Crippen LogP contribution in [0.4, 0.5) is 8.78 Å². The van der Waals surface area contributed by atoms with E-state index in [9.17, 15) is 8.78 Å². The van der Waals surface area contributed by atoms with E-state index in [0.29, 0.717) is 6.42 Å². The molecule has 1 aromatic rings. The van der Waals surface area contributed by atoms with E-state index in [-0.39, 0.29) is 16.9 Å². The Bertz CT molecular complexity index is 532. The number of alkyl halides is 2. The Balaban J connectivity index is 1.83. The lowest BCUT2D eigenvalue weighted by Crippen LogP contribution is -2.29. The molecule has 1 aromatic carbocycles. The third-order valence-electron chi connectivity index (χ3n) is 3.56. The number of hydrogen-bond acceptors (Lipinski definition) is 3. The highest BCUT2D eigenvalue weighted by Crippen LogP contribution is 2.46. The normalized spacial score (nSPS) is 22.1. The molecule has 0 saturated heterocycles. The highest BCUT2D eigenvalue weighted by molar-refractivity contribution is 5.45. The molecule has 18 heavy (non-hydrogen) atoms. The van der Waals surface area contributed by atoms with Crippen LogP contribution >= 0.6 is 0 Å². The highest BCUT2D eigenvalue weighted by Gasteiger charge is 2.44. The standard InChI is InChI=1S/C13H11F2NO2/c14-13(15)17-10-3-2-9(6-11(10)18-13)7-12(8-16)4-1-5-12/h2-3,6H,1,4-5,7H2. The Hall–Kier alpha value is -1.83. The SMILES string of the molecule is N#CC1(Cc2ccc3c(c2)OC(F)(F)O3)CCC1. The number of nitrogens with zero attached hydrogens (tertiary/aromatic N) is 1. The largest absolute Gasteiger partial charge is 0.586 e. The van der Waals surface area contributed by atoms with E-state index in [1.165, 1.54) is 12.1 Å². The van der Waals surface area contributed by atoms with Crippen molar-refractivity contribution in [3.8, 4) is 17.6 Å². The van der Waals surface area contributed by atoms with Crippen molar-refractivity contribution in [1.29, 1.82) is 5.26 Å². The number of rotatable bonds is 2. The molecule has 0 amide bonds. The smallest absolute Gasteiger partial charge is 0.395 e. The van der Waals surface area contributed by atoms with Gasteiger partial charge in [-0.2, -0.15) is 5.26 Å². The fraction of sp³-hybridized carbons (Fsp3) is 0.462. The van der Waals surface area contributed by atoms with Crippen LogP contribution in [0.2, 0.25) is 0 Å². The number of ether oxygens (including phenoxy) is 2. The van der Waals surface area contributed by atoms with Gasteiger partial charge in [-0.15, -0.1) is 8.78 Å². The van der Waals surface area contributed by atoms with Crippen molar-refractivity contribution >= 4 is 0 Å². The minimum absolute atomic E-state index is 0.0448. The van der Waals surface area contributed by atoms with E-state index < -0.39 is 6.29 Å². The molecule has 0 unspecified atom stereocenters. The first-order chi connectivity index (χ1) is 8.52. The van der Waals surface area contributed by atoms with Gasteiger partial charge in [0.05, 0.1) is 11.5 Å². The molecule has 1 fully saturated rings. The fourth-order valence-electron chi connectivity index (χ4n) is 2.43. The first-order valence-electron chi connectivity index (χ1n) is 5.82. The predicted molar refractivity (Wildman–Crippen MR) is 58.2 cm³/mol. The third-order valence-corrected chi connectivity index (χ3v) is 3.56. The Kier molecular flexibility index (Phi) is 2.24. The van der Waals surface area contributed by atoms with Gasteiger partial charge in [0.25, 0.3) is 0 Å². The van der Waals surface area contributed by atoms with Crippen LogP contribution < -0.4 is 9.47 Å². The van der Waals surface area contributed by atoms with Gasteiger partial charge in [-0.25, -0.2) is 0 Å². The van der Waals surface area contributed by atoms with Gasteiger partial charge in [-0.3, -0.25) is 0 Å². The zero-order valence-electron chi connectivity index (χ0n) is 9.58. The maximum absolute atomic E-state index is 12.9. The number of fused-ring (bicyclic) bond motifs is 1. The molecule has 1 aliphatic carbocycles. The minimum Gasteiger partial charge on any atom is -0.395 e. The van der Waals surface area contributed by atoms with Crippen molar-refractivity contribution in [2.45, 2.75) is 32.0 Å². The summed E-state index contributed by atoms with van der Waals surface area (Å²) in [6.45, 7) is 0. The van der Waals surface area contributed by atoms with Crippen molar-refractivity contribution in [2.75, 3.05) is 0 Å². The predicted octanol–water partition coefficient (Wildman–Crippen LogP) is 3.24. The number of hydrogen-bond donors (Lipinski definition) is 0. The number of halogens is 2. The third kappa shape index (κ3) is 1.78. The topological polar surface area (TPSA) is 42.2 Å². The monoisotopic (exact) mass is 251 g/mol. The molecule has 0 spiro atoms. The molecule has 0 bridgehead atoms. The summed E-state index contributed by atoms with van der Waals surface area (Å²) in [5, 5.41) is 9.15. The van der Waals surface area contributed by atoms with Crippen LogP contribution in [0.1, 0.15) is 24.8 Å². The van der Waals surface area contributed by atoms with Crippen LogP contribution in [0, 0.1) is 16.7 Å². The summed E-state index contributed by atoms with van der Waals surface area (Å²) in [5.41, 5.74) is 0.507. The second-order valence-corrected chi connectivity index (χ2v) is 4.87. The van der Waals surface area contributed by atoms with Gasteiger partial charge in [0.15, 0.2) is 11.5 Å². The van der Waals surface area contributed by atoms with Gasteiger partial charge in [0.1, 0.15) is 0 Å². The highest BCUT2D eigenvalue weighted by atomic mass is 19.3. The molecule has 1 aliphatic heterocycles. The van der Waals surface area contributed by atoms with Gasteiger partial charge >= 0.3 is 6.29 Å². The fourth-order valence-corrected chi connectivity index (χ4v) is 2.43. The summed E-state index contributed by atoms with van der Waals surface area (Å²) < 4.78 is 34.4. The van der Waals surface area contributed by atoms with Gasteiger partial charge in [-0.1, -0.05) is 12.5 Å². The lowest BCUT2D eigenvalue weighted by molar-refractivity contribution is -0.286. The van der Waals surface area contributed by atoms with Crippen molar-refractivity contribution in [3.63, 3.8) is 0 Å². The lowest BCUT2D eigenvalue weighted by Gasteiger charge is -2.35. The van der Waals surface area contributed by atoms with E-state index in [0.717, 1.165) is 24.8 Å². The summed E-state index contributed by atoms with van der Waals surface area (Å²) in [4.78, 5) is 0. The zero-order valence-corrected chi connectivity index (χ0v) is 9.58. The average Bonchev–Trinajstić information content (AvgIpc) is 2.56. The maximum Gasteiger partial charge on any atom is 0.586 e. The number of nitriles is 1. The van der Waals surface area contributed by atoms with Crippen LogP contribution in [0.3, 0.4) is 0 Å². The summed E-state index contributed by atoms with van der Waals surface area (Å²) in [7, 11) is 0. The summed E-state index contributed by atoms with van der Waals surface area (Å²) >= 11 is 0. The molecule has 1 heterocycles. The molecule has 0 atom stereocenters. The van der Waals surface area contributed by atoms with Crippen LogP contribution in [0.15, 0.2) is 18.2 Å². The van der Waals surface area contributed by atoms with E-state index in [4.69, 9.17) is 5.26 Å². The maximum atomic E-state index is 12.9. The molecule has 3 nitrogen and oxygen atoms in total. The molecule has 1 saturated carbocycles. The van der Waals surface area contributed by atoms with Crippen molar-refractivity contribution < 1.29 is 18.3 Å². The Morgan fingerprint density at radius 2 is 1.94 bits per heavy atom. The van der Waals surface area contributed by atoms with Gasteiger partial charge in [0, 0.05) is 0 Å². The molecule has 3 rings (SSSR count). The van der Waals surface area contributed by atoms with Crippen molar-refractivity contribution in [1.82, 2.24) is 0 Å². The molecule has 5 heteroatoms. The van der Waals surface area contributed by atoms with E-state index >= 15 is 0 Å². The molecule has 0 aromatic heterocycles. The van der Waals surface area contributed by atoms with Crippen LogP contribution in [0.5, 0.6) is 11.5 Å². The van der Waals surface area contributed by atoms with Crippen LogP contribution in [-0.2, 0) is 6.42 Å². The van der Waals surface area contributed by atoms with Crippen molar-refractivity contribution in [3.05, 3.63) is 23.8 Å². The number of benzene rings is 1. The lowest BCUT2D eigenvalue weighted by atomic mass is 9.66. The Morgan fingerprint density at radius 1 is 1.22 bits per heavy atom. The van der Waals surface area contributed by atoms with Gasteiger partial charge < -0.3 is 9.47 Å². The molecule has 0 N–H and O–H groups in total. The molecular weight excluding hydrogens is 240 g/mol. The Morgan fingerprint density at radius 3 is 2.56 bits per heavy atom. The molecule has 94 valence electrons. The molecule has 2 aliphatic rings. The van der Waals surface area contributed by atoms with Gasteiger partial charge in [0.2, 0.25) is 0 Å². The zero-order chi connectivity index (χ0) is 12.8. The van der Waals surface area contributed by atoms with Crippen molar-refractivity contribution in [2.24, 2.45) is 5.41 Å². The second kappa shape index (κ2) is 3.58. The van der Waals surface area contributed by atoms with Crippen LogP contribution in [0.25, 0.3) is 0 Å². The van der Waals surface area contributed by atoms with E-state index in [1.54, 1.807) is 6.07 Å². The minimum atomic E-state index is -3.58.